The quantitative estimate of drug-likeness (QED) is 0.733. The molecule has 102 valence electrons. The Morgan fingerprint density at radius 3 is 2.70 bits per heavy atom. The average Bonchev–Trinajstić information content (AvgIpc) is 2.45. The van der Waals surface area contributed by atoms with Gasteiger partial charge in [-0.1, -0.05) is 50.3 Å². The Hall–Kier alpha value is -1.67. The van der Waals surface area contributed by atoms with Crippen molar-refractivity contribution in [1.29, 1.82) is 0 Å². The predicted molar refractivity (Wildman–Crippen MR) is 87.5 cm³/mol. The van der Waals surface area contributed by atoms with Crippen LogP contribution >= 0.6 is 0 Å². The summed E-state index contributed by atoms with van der Waals surface area (Å²) in [5.41, 5.74) is 2.38. The minimum atomic E-state index is -1.03. The third-order valence-electron chi connectivity index (χ3n) is 3.82. The zero-order valence-electron chi connectivity index (χ0n) is 11.8. The van der Waals surface area contributed by atoms with E-state index in [1.165, 1.54) is 16.3 Å². The monoisotopic (exact) mass is 282 g/mol. The maximum Gasteiger partial charge on any atom is 0.0756 e. The summed E-state index contributed by atoms with van der Waals surface area (Å²) in [7, 11) is -1.03. The number of hydrogen-bond acceptors (Lipinski definition) is 1. The minimum Gasteiger partial charge on any atom is -0.253 e. The first-order valence-electron chi connectivity index (χ1n) is 6.89. The topological polar surface area (TPSA) is 17.1 Å². The molecule has 0 saturated heterocycles. The molecule has 2 aromatic rings. The molecule has 0 aliphatic carbocycles. The van der Waals surface area contributed by atoms with Crippen LogP contribution in [-0.4, -0.2) is 9.46 Å². The highest BCUT2D eigenvalue weighted by molar-refractivity contribution is 7.86. The summed E-state index contributed by atoms with van der Waals surface area (Å²) in [6.45, 7) is 8.14. The summed E-state index contributed by atoms with van der Waals surface area (Å²) in [6, 6.07) is 10.7. The third-order valence-corrected chi connectivity index (χ3v) is 5.45. The van der Waals surface area contributed by atoms with Crippen LogP contribution in [0.1, 0.15) is 30.9 Å². The van der Waals surface area contributed by atoms with Crippen molar-refractivity contribution in [2.45, 2.75) is 29.9 Å². The van der Waals surface area contributed by atoms with Gasteiger partial charge in [0.2, 0.25) is 0 Å². The molecular weight excluding hydrogens is 264 g/mol. The molecule has 1 heterocycles. The van der Waals surface area contributed by atoms with E-state index in [1.807, 2.05) is 6.08 Å². The van der Waals surface area contributed by atoms with Crippen molar-refractivity contribution in [1.82, 2.24) is 0 Å². The summed E-state index contributed by atoms with van der Waals surface area (Å²) >= 11 is 0. The Kier molecular flexibility index (Phi) is 3.35. The lowest BCUT2D eigenvalue weighted by Gasteiger charge is -2.17. The normalized spacial score (nSPS) is 21.1. The van der Waals surface area contributed by atoms with Crippen molar-refractivity contribution < 1.29 is 4.21 Å². The highest BCUT2D eigenvalue weighted by Gasteiger charge is 2.20. The fourth-order valence-electron chi connectivity index (χ4n) is 2.56. The van der Waals surface area contributed by atoms with Crippen LogP contribution in [-0.2, 0) is 10.8 Å². The zero-order chi connectivity index (χ0) is 14.3. The van der Waals surface area contributed by atoms with Gasteiger partial charge in [0.15, 0.2) is 0 Å². The number of hydrogen-bond donors (Lipinski definition) is 0. The second kappa shape index (κ2) is 5.02. The van der Waals surface area contributed by atoms with Crippen LogP contribution in [0.3, 0.4) is 0 Å². The van der Waals surface area contributed by atoms with Crippen LogP contribution in [0.25, 0.3) is 16.8 Å². The first-order valence-corrected chi connectivity index (χ1v) is 8.10. The van der Waals surface area contributed by atoms with E-state index in [9.17, 15) is 4.21 Å². The molecule has 0 saturated carbocycles. The third kappa shape index (κ3) is 2.14. The Morgan fingerprint density at radius 1 is 1.20 bits per heavy atom. The molecule has 0 amide bonds. The minimum absolute atomic E-state index is 0.0757. The van der Waals surface area contributed by atoms with Crippen LogP contribution < -0.4 is 0 Å². The molecular formula is C18H18OS. The molecule has 0 aromatic heterocycles. The summed E-state index contributed by atoms with van der Waals surface area (Å²) < 4.78 is 12.5. The van der Waals surface area contributed by atoms with Gasteiger partial charge in [0.05, 0.1) is 16.0 Å². The van der Waals surface area contributed by atoms with Gasteiger partial charge in [0.1, 0.15) is 0 Å². The predicted octanol–water partition coefficient (Wildman–Crippen LogP) is 4.65. The summed E-state index contributed by atoms with van der Waals surface area (Å²) in [5, 5.41) is 2.29. The highest BCUT2D eigenvalue weighted by atomic mass is 32.2. The molecule has 0 spiro atoms. The molecule has 1 aliphatic heterocycles. The van der Waals surface area contributed by atoms with Crippen LogP contribution in [0.5, 0.6) is 0 Å². The second-order valence-electron chi connectivity index (χ2n) is 5.51. The summed E-state index contributed by atoms with van der Waals surface area (Å²) in [4.78, 5) is 0.922. The van der Waals surface area contributed by atoms with E-state index in [2.05, 4.69) is 56.8 Å². The van der Waals surface area contributed by atoms with E-state index < -0.39 is 10.8 Å². The maximum atomic E-state index is 12.5. The molecule has 2 unspecified atom stereocenters. The maximum absolute atomic E-state index is 12.5. The number of fused-ring (bicyclic) bond motifs is 2. The van der Waals surface area contributed by atoms with Gasteiger partial charge in [-0.25, -0.2) is 0 Å². The van der Waals surface area contributed by atoms with Crippen molar-refractivity contribution in [3.05, 3.63) is 60.2 Å². The van der Waals surface area contributed by atoms with Crippen molar-refractivity contribution in [2.75, 3.05) is 0 Å². The summed E-state index contributed by atoms with van der Waals surface area (Å²) in [5.74, 6) is 0.502. The van der Waals surface area contributed by atoms with Crippen molar-refractivity contribution in [2.24, 2.45) is 0 Å². The van der Waals surface area contributed by atoms with E-state index >= 15 is 0 Å². The highest BCUT2D eigenvalue weighted by Crippen LogP contribution is 2.31. The van der Waals surface area contributed by atoms with Crippen LogP contribution in [0.15, 0.2) is 54.0 Å². The van der Waals surface area contributed by atoms with Gasteiger partial charge in [-0.05, 0) is 39.9 Å². The molecule has 0 fully saturated rings. The zero-order valence-corrected chi connectivity index (χ0v) is 12.6. The van der Waals surface area contributed by atoms with Gasteiger partial charge in [-0.2, -0.15) is 0 Å². The standard InChI is InChI=1S/C18H18OS/c1-4-17-8-7-15-10-14-6-5-13(12(2)3)9-16(14)11-18(15)20(17)19/h4-12,17H,1H2,2-3H3. The lowest BCUT2D eigenvalue weighted by molar-refractivity contribution is 0.681. The lowest BCUT2D eigenvalue weighted by atomic mass is 9.98. The fraction of sp³-hybridized carbons (Fsp3) is 0.222. The van der Waals surface area contributed by atoms with Crippen molar-refractivity contribution in [3.8, 4) is 0 Å². The Balaban J connectivity index is 2.21. The van der Waals surface area contributed by atoms with Crippen molar-refractivity contribution >= 4 is 27.6 Å². The molecule has 1 nitrogen and oxygen atoms in total. The molecule has 3 rings (SSSR count). The summed E-state index contributed by atoms with van der Waals surface area (Å²) in [6.07, 6.45) is 5.78. The van der Waals surface area contributed by atoms with Gasteiger partial charge < -0.3 is 0 Å². The molecule has 0 N–H and O–H groups in total. The molecule has 20 heavy (non-hydrogen) atoms. The fourth-order valence-corrected chi connectivity index (χ4v) is 3.85. The van der Waals surface area contributed by atoms with Gasteiger partial charge >= 0.3 is 0 Å². The molecule has 0 bridgehead atoms. The lowest BCUT2D eigenvalue weighted by Crippen LogP contribution is -2.13. The molecule has 2 aromatic carbocycles. The molecule has 1 aliphatic rings. The Labute approximate surface area is 122 Å². The Bertz CT molecular complexity index is 740. The Morgan fingerprint density at radius 2 is 2.00 bits per heavy atom. The van der Waals surface area contributed by atoms with Gasteiger partial charge in [0, 0.05) is 4.90 Å². The number of benzene rings is 2. The molecule has 2 heteroatoms. The average molecular weight is 282 g/mol. The van der Waals surface area contributed by atoms with E-state index in [-0.39, 0.29) is 5.25 Å². The van der Waals surface area contributed by atoms with E-state index in [1.54, 1.807) is 6.08 Å². The van der Waals surface area contributed by atoms with E-state index in [0.717, 1.165) is 10.5 Å². The van der Waals surface area contributed by atoms with Gasteiger partial charge in [-0.3, -0.25) is 4.21 Å². The smallest absolute Gasteiger partial charge is 0.0756 e. The van der Waals surface area contributed by atoms with Crippen LogP contribution in [0.2, 0.25) is 0 Å². The van der Waals surface area contributed by atoms with Crippen molar-refractivity contribution in [3.63, 3.8) is 0 Å². The SMILES string of the molecule is C=CC1C=Cc2cc3ccc(C(C)C)cc3cc2S1=O. The van der Waals surface area contributed by atoms with E-state index in [4.69, 9.17) is 0 Å². The second-order valence-corrected chi connectivity index (χ2v) is 7.09. The molecule has 2 atom stereocenters. The van der Waals surface area contributed by atoms with Crippen LogP contribution in [0, 0.1) is 0 Å². The molecule has 0 radical (unpaired) electrons. The first kappa shape index (κ1) is 13.3. The van der Waals surface area contributed by atoms with Gasteiger partial charge in [-0.15, -0.1) is 6.58 Å². The van der Waals surface area contributed by atoms with E-state index in [0.29, 0.717) is 5.92 Å². The van der Waals surface area contributed by atoms with Gasteiger partial charge in [0.25, 0.3) is 0 Å². The van der Waals surface area contributed by atoms with Crippen LogP contribution in [0.4, 0.5) is 0 Å². The number of rotatable bonds is 2. The largest absolute Gasteiger partial charge is 0.253 e. The first-order chi connectivity index (χ1) is 9.60.